The molecule has 0 spiro atoms. The second-order valence-electron chi connectivity index (χ2n) is 10.1. The van der Waals surface area contributed by atoms with E-state index in [1.165, 1.54) is 17.0 Å². The quantitative estimate of drug-likeness (QED) is 0.301. The first-order valence-electron chi connectivity index (χ1n) is 13.8. The van der Waals surface area contributed by atoms with Gasteiger partial charge in [-0.25, -0.2) is 8.42 Å². The Morgan fingerprint density at radius 1 is 1.00 bits per heavy atom. The van der Waals surface area contributed by atoms with Crippen LogP contribution in [0.5, 0.6) is 5.75 Å². The van der Waals surface area contributed by atoms with E-state index in [2.05, 4.69) is 5.32 Å². The van der Waals surface area contributed by atoms with Crippen LogP contribution in [0.4, 0.5) is 5.69 Å². The molecule has 0 aliphatic heterocycles. The molecule has 0 unspecified atom stereocenters. The largest absolute Gasteiger partial charge is 0.497 e. The highest BCUT2D eigenvalue weighted by Crippen LogP contribution is 2.31. The van der Waals surface area contributed by atoms with Crippen LogP contribution < -0.4 is 14.4 Å². The molecule has 2 amide bonds. The van der Waals surface area contributed by atoms with Crippen molar-refractivity contribution in [3.8, 4) is 5.75 Å². The average molecular weight is 598 g/mol. The molecule has 4 rings (SSSR count). The number of nitrogens with zero attached hydrogens (tertiary/aromatic N) is 2. The first kappa shape index (κ1) is 30.4. The highest BCUT2D eigenvalue weighted by Gasteiger charge is 2.35. The molecular weight excluding hydrogens is 562 g/mol. The highest BCUT2D eigenvalue weighted by atomic mass is 35.5. The molecule has 8 nitrogen and oxygen atoms in total. The summed E-state index contributed by atoms with van der Waals surface area (Å²) in [5.74, 6) is -0.158. The van der Waals surface area contributed by atoms with E-state index in [9.17, 15) is 18.0 Å². The van der Waals surface area contributed by atoms with Crippen molar-refractivity contribution in [2.24, 2.45) is 0 Å². The number of benzene rings is 3. The summed E-state index contributed by atoms with van der Waals surface area (Å²) < 4.78 is 34.2. The minimum Gasteiger partial charge on any atom is -0.497 e. The van der Waals surface area contributed by atoms with Crippen LogP contribution in [0.1, 0.15) is 44.6 Å². The van der Waals surface area contributed by atoms with E-state index in [1.807, 2.05) is 19.1 Å². The summed E-state index contributed by atoms with van der Waals surface area (Å²) in [4.78, 5) is 29.2. The smallest absolute Gasteiger partial charge is 0.264 e. The van der Waals surface area contributed by atoms with Gasteiger partial charge in [0.25, 0.3) is 10.0 Å². The molecule has 1 aliphatic rings. The first-order valence-corrected chi connectivity index (χ1v) is 15.6. The lowest BCUT2D eigenvalue weighted by Crippen LogP contribution is -2.53. The van der Waals surface area contributed by atoms with Crippen molar-refractivity contribution in [3.05, 3.63) is 89.4 Å². The van der Waals surface area contributed by atoms with Gasteiger partial charge in [0.1, 0.15) is 18.3 Å². The van der Waals surface area contributed by atoms with E-state index in [0.29, 0.717) is 12.2 Å². The van der Waals surface area contributed by atoms with Gasteiger partial charge in [-0.05, 0) is 61.2 Å². The molecule has 41 heavy (non-hydrogen) atoms. The number of rotatable bonds is 12. The van der Waals surface area contributed by atoms with Gasteiger partial charge in [0.05, 0.1) is 22.7 Å². The molecule has 1 fully saturated rings. The Hall–Kier alpha value is -3.56. The summed E-state index contributed by atoms with van der Waals surface area (Å²) in [7, 11) is -2.62. The van der Waals surface area contributed by atoms with E-state index in [-0.39, 0.29) is 34.1 Å². The SMILES string of the molecule is CC[C@@H](C(=O)NC1CCCC1)N(Cc1cccc(OC)c1)C(=O)CN(c1ccccc1Cl)S(=O)(=O)c1ccccc1. The maximum Gasteiger partial charge on any atom is 0.264 e. The van der Waals surface area contributed by atoms with Crippen LogP contribution in [0.15, 0.2) is 83.8 Å². The average Bonchev–Trinajstić information content (AvgIpc) is 3.49. The fourth-order valence-corrected chi connectivity index (χ4v) is 6.88. The predicted molar refractivity (Wildman–Crippen MR) is 160 cm³/mol. The molecule has 3 aromatic rings. The van der Waals surface area contributed by atoms with Crippen molar-refractivity contribution in [2.75, 3.05) is 18.0 Å². The van der Waals surface area contributed by atoms with Gasteiger partial charge in [-0.15, -0.1) is 0 Å². The van der Waals surface area contributed by atoms with Gasteiger partial charge < -0.3 is 15.0 Å². The van der Waals surface area contributed by atoms with Crippen molar-refractivity contribution in [3.63, 3.8) is 0 Å². The van der Waals surface area contributed by atoms with Gasteiger partial charge in [-0.3, -0.25) is 13.9 Å². The molecule has 218 valence electrons. The molecule has 0 aromatic heterocycles. The van der Waals surface area contributed by atoms with Crippen LogP contribution in [0.3, 0.4) is 0 Å². The number of methoxy groups -OCH3 is 1. The van der Waals surface area contributed by atoms with Crippen LogP contribution >= 0.6 is 11.6 Å². The summed E-state index contributed by atoms with van der Waals surface area (Å²) in [5, 5.41) is 3.30. The molecule has 0 saturated heterocycles. The molecule has 0 bridgehead atoms. The zero-order chi connectivity index (χ0) is 29.4. The van der Waals surface area contributed by atoms with Crippen molar-refractivity contribution >= 4 is 39.1 Å². The lowest BCUT2D eigenvalue weighted by atomic mass is 10.1. The summed E-state index contributed by atoms with van der Waals surface area (Å²) in [6.45, 7) is 1.39. The minimum atomic E-state index is -4.18. The third kappa shape index (κ3) is 7.40. The summed E-state index contributed by atoms with van der Waals surface area (Å²) >= 11 is 6.47. The van der Waals surface area contributed by atoms with Crippen molar-refractivity contribution in [1.29, 1.82) is 0 Å². The zero-order valence-corrected chi connectivity index (χ0v) is 24.9. The highest BCUT2D eigenvalue weighted by molar-refractivity contribution is 7.92. The summed E-state index contributed by atoms with van der Waals surface area (Å²) in [5.41, 5.74) is 0.927. The molecule has 3 aromatic carbocycles. The van der Waals surface area contributed by atoms with E-state index < -0.39 is 28.5 Å². The van der Waals surface area contributed by atoms with Crippen LogP contribution in [-0.4, -0.2) is 50.9 Å². The Balaban J connectivity index is 1.72. The number of anilines is 1. The maximum atomic E-state index is 14.2. The van der Waals surface area contributed by atoms with Crippen molar-refractivity contribution < 1.29 is 22.7 Å². The maximum absolute atomic E-state index is 14.2. The third-order valence-electron chi connectivity index (χ3n) is 7.31. The monoisotopic (exact) mass is 597 g/mol. The van der Waals surface area contributed by atoms with E-state index >= 15 is 0 Å². The van der Waals surface area contributed by atoms with Gasteiger partial charge in [-0.1, -0.05) is 73.8 Å². The number of ether oxygens (including phenoxy) is 1. The second kappa shape index (κ2) is 13.9. The topological polar surface area (TPSA) is 96.0 Å². The predicted octanol–water partition coefficient (Wildman–Crippen LogP) is 5.41. The Labute approximate surface area is 247 Å². The van der Waals surface area contributed by atoms with Gasteiger partial charge in [0, 0.05) is 12.6 Å². The Bertz CT molecular complexity index is 1440. The molecular formula is C31H36ClN3O5S. The van der Waals surface area contributed by atoms with E-state index in [4.69, 9.17) is 16.3 Å². The molecule has 0 radical (unpaired) electrons. The van der Waals surface area contributed by atoms with Crippen LogP contribution in [0.25, 0.3) is 0 Å². The molecule has 0 heterocycles. The Kier molecular flexibility index (Phi) is 10.3. The number of carbonyl (C=O) groups excluding carboxylic acids is 2. The van der Waals surface area contributed by atoms with Gasteiger partial charge >= 0.3 is 0 Å². The third-order valence-corrected chi connectivity index (χ3v) is 9.40. The van der Waals surface area contributed by atoms with Gasteiger partial charge in [0.2, 0.25) is 11.8 Å². The number of amides is 2. The van der Waals surface area contributed by atoms with Gasteiger partial charge in [-0.2, -0.15) is 0 Å². The number of carbonyl (C=O) groups is 2. The van der Waals surface area contributed by atoms with E-state index in [1.54, 1.807) is 61.7 Å². The Morgan fingerprint density at radius 2 is 1.68 bits per heavy atom. The number of hydrogen-bond acceptors (Lipinski definition) is 5. The number of halogens is 1. The normalized spacial score (nSPS) is 14.3. The molecule has 1 aliphatic carbocycles. The standard InChI is InChI=1S/C31H36ClN3O5S/c1-3-28(31(37)33-24-13-7-8-14-24)34(21-23-12-11-15-25(20-23)40-2)30(36)22-35(29-19-10-9-18-27(29)32)41(38,39)26-16-5-4-6-17-26/h4-6,9-12,15-20,24,28H,3,7-8,13-14,21-22H2,1-2H3,(H,33,37)/t28-/m0/s1. The molecule has 1 N–H and O–H groups in total. The fourth-order valence-electron chi connectivity index (χ4n) is 5.14. The molecule has 10 heteroatoms. The molecule has 1 saturated carbocycles. The lowest BCUT2D eigenvalue weighted by molar-refractivity contribution is -0.140. The van der Waals surface area contributed by atoms with Crippen molar-refractivity contribution in [1.82, 2.24) is 10.2 Å². The minimum absolute atomic E-state index is 0.0260. The van der Waals surface area contributed by atoms with E-state index in [0.717, 1.165) is 35.6 Å². The Morgan fingerprint density at radius 3 is 2.34 bits per heavy atom. The number of para-hydroxylation sites is 1. The molecule has 1 atom stereocenters. The van der Waals surface area contributed by atoms with Crippen molar-refractivity contribution in [2.45, 2.75) is 62.6 Å². The number of sulfonamides is 1. The lowest BCUT2D eigenvalue weighted by Gasteiger charge is -2.34. The van der Waals surface area contributed by atoms with Crippen LogP contribution in [-0.2, 0) is 26.2 Å². The number of nitrogens with one attached hydrogen (secondary N) is 1. The first-order chi connectivity index (χ1) is 19.7. The van der Waals surface area contributed by atoms with Crippen LogP contribution in [0.2, 0.25) is 5.02 Å². The second-order valence-corrected chi connectivity index (χ2v) is 12.3. The zero-order valence-electron chi connectivity index (χ0n) is 23.3. The number of hydrogen-bond donors (Lipinski definition) is 1. The summed E-state index contributed by atoms with van der Waals surface area (Å²) in [6, 6.07) is 20.9. The van der Waals surface area contributed by atoms with Gasteiger partial charge in [0.15, 0.2) is 0 Å². The fraction of sp³-hybridized carbons (Fsp3) is 0.355. The summed E-state index contributed by atoms with van der Waals surface area (Å²) in [6.07, 6.45) is 4.27. The van der Waals surface area contributed by atoms with Crippen LogP contribution in [0, 0.1) is 0 Å².